The molecule has 0 bridgehead atoms. The van der Waals surface area contributed by atoms with E-state index >= 15 is 0 Å². The molecule has 0 radical (unpaired) electrons. The number of rotatable bonds is 17. The number of nitrogens with two attached hydrogens (primary N) is 1. The number of carbonyl (C=O) groups excluding carboxylic acids is 4. The smallest absolute Gasteiger partial charge is 0.337 e. The van der Waals surface area contributed by atoms with Crippen LogP contribution in [0.2, 0.25) is 0 Å². The largest absolute Gasteiger partial charge is 0.493 e. The molecule has 0 saturated carbocycles. The highest BCUT2D eigenvalue weighted by Crippen LogP contribution is 2.32. The van der Waals surface area contributed by atoms with Gasteiger partial charge in [0.1, 0.15) is 17.1 Å². The van der Waals surface area contributed by atoms with Crippen LogP contribution in [0.4, 0.5) is 22.7 Å². The molecule has 17 nitrogen and oxygen atoms in total. The standard InChI is InChI=1S/C35H45N9O8/c1-41(2)11-8-10-37-32(46)26-14-22(19-42(26)3)39-34(48)28-15-23(20-44(28)5)40-33(47)27-13-21(18-43(27)4)38-31(45)9-7-12-52-30-17-25(36)24(35(49)50)16-29(30)51-6/h13-20H,7-12,36H2,1-6H3,(H,37,46)(H,38,45)(H,39,48)(H,40,47)(H,49,50). The van der Waals surface area contributed by atoms with Crippen LogP contribution in [-0.4, -0.2) is 94.2 Å². The van der Waals surface area contributed by atoms with Gasteiger partial charge in [-0.05, 0) is 51.7 Å². The first-order valence-corrected chi connectivity index (χ1v) is 16.3. The molecule has 278 valence electrons. The Morgan fingerprint density at radius 1 is 0.750 bits per heavy atom. The Hall–Kier alpha value is -6.23. The van der Waals surface area contributed by atoms with E-state index in [0.717, 1.165) is 13.0 Å². The van der Waals surface area contributed by atoms with Crippen molar-refractivity contribution in [2.75, 3.05) is 62.6 Å². The maximum Gasteiger partial charge on any atom is 0.337 e. The lowest BCUT2D eigenvalue weighted by Gasteiger charge is -2.13. The fourth-order valence-electron chi connectivity index (χ4n) is 5.33. The van der Waals surface area contributed by atoms with Gasteiger partial charge in [0.05, 0.1) is 42.0 Å². The van der Waals surface area contributed by atoms with Gasteiger partial charge < -0.3 is 60.2 Å². The molecule has 1 aromatic carbocycles. The van der Waals surface area contributed by atoms with Gasteiger partial charge in [0, 0.05) is 64.8 Å². The van der Waals surface area contributed by atoms with E-state index in [1.165, 1.54) is 31.4 Å². The first-order valence-electron chi connectivity index (χ1n) is 16.3. The van der Waals surface area contributed by atoms with Crippen molar-refractivity contribution in [3.05, 3.63) is 71.6 Å². The molecule has 7 N–H and O–H groups in total. The average molecular weight is 720 g/mol. The predicted octanol–water partition coefficient (Wildman–Crippen LogP) is 2.97. The van der Waals surface area contributed by atoms with Crippen molar-refractivity contribution >= 4 is 52.3 Å². The normalized spacial score (nSPS) is 10.9. The lowest BCUT2D eigenvalue weighted by molar-refractivity contribution is -0.116. The number of aromatic nitrogens is 3. The monoisotopic (exact) mass is 719 g/mol. The number of nitrogens with zero attached hydrogens (tertiary/aromatic N) is 4. The number of anilines is 4. The van der Waals surface area contributed by atoms with Crippen LogP contribution >= 0.6 is 0 Å². The Kier molecular flexibility index (Phi) is 12.7. The first kappa shape index (κ1) is 38.6. The fraction of sp³-hybridized carbons (Fsp3) is 0.343. The number of methoxy groups -OCH3 is 1. The zero-order valence-electron chi connectivity index (χ0n) is 30.0. The molecule has 0 saturated heterocycles. The number of benzene rings is 1. The number of carboxylic acid groups (broad SMARTS) is 1. The first-order chi connectivity index (χ1) is 24.7. The summed E-state index contributed by atoms with van der Waals surface area (Å²) in [6.45, 7) is 1.51. The Balaban J connectivity index is 1.28. The second-order valence-corrected chi connectivity index (χ2v) is 12.4. The second kappa shape index (κ2) is 17.1. The van der Waals surface area contributed by atoms with Crippen LogP contribution in [0.3, 0.4) is 0 Å². The molecule has 0 fully saturated rings. The zero-order valence-corrected chi connectivity index (χ0v) is 30.0. The molecule has 0 aliphatic heterocycles. The molecular weight excluding hydrogens is 674 g/mol. The van der Waals surface area contributed by atoms with E-state index in [4.69, 9.17) is 15.2 Å². The number of aromatic carboxylic acids is 1. The summed E-state index contributed by atoms with van der Waals surface area (Å²) in [4.78, 5) is 64.9. The number of nitrogen functional groups attached to an aromatic ring is 1. The van der Waals surface area contributed by atoms with E-state index in [1.54, 1.807) is 59.5 Å². The average Bonchev–Trinajstić information content (AvgIpc) is 3.75. The SMILES string of the molecule is COc1cc(C(=O)O)c(N)cc1OCCCC(=O)Nc1cc(C(=O)Nc2cc(C(=O)Nc3cc(C(=O)NCCCN(C)C)n(C)c3)n(C)c2)n(C)c1. The van der Waals surface area contributed by atoms with E-state index in [9.17, 15) is 29.1 Å². The van der Waals surface area contributed by atoms with Crippen LogP contribution in [0.1, 0.15) is 61.1 Å². The summed E-state index contributed by atoms with van der Waals surface area (Å²) in [6, 6.07) is 7.30. The van der Waals surface area contributed by atoms with E-state index in [2.05, 4.69) is 21.3 Å². The fourth-order valence-corrected chi connectivity index (χ4v) is 5.33. The van der Waals surface area contributed by atoms with Crippen LogP contribution in [0.5, 0.6) is 11.5 Å². The van der Waals surface area contributed by atoms with Crippen LogP contribution in [0.15, 0.2) is 48.9 Å². The van der Waals surface area contributed by atoms with Gasteiger partial charge in [-0.25, -0.2) is 4.79 Å². The minimum Gasteiger partial charge on any atom is -0.493 e. The van der Waals surface area contributed by atoms with Gasteiger partial charge in [-0.2, -0.15) is 0 Å². The number of nitrogens with one attached hydrogen (secondary N) is 4. The van der Waals surface area contributed by atoms with Crippen molar-refractivity contribution in [2.24, 2.45) is 21.1 Å². The molecule has 0 unspecified atom stereocenters. The summed E-state index contributed by atoms with van der Waals surface area (Å²) in [5.74, 6) is -2.16. The molecule has 0 spiro atoms. The predicted molar refractivity (Wildman–Crippen MR) is 195 cm³/mol. The third-order valence-electron chi connectivity index (χ3n) is 7.95. The highest BCUT2D eigenvalue weighted by Gasteiger charge is 2.19. The topological polar surface area (TPSA) is 216 Å². The Morgan fingerprint density at radius 2 is 1.27 bits per heavy atom. The van der Waals surface area contributed by atoms with Crippen molar-refractivity contribution in [1.29, 1.82) is 0 Å². The minimum absolute atomic E-state index is 0.0230. The Labute approximate surface area is 300 Å². The number of hydrogen-bond acceptors (Lipinski definition) is 9. The number of carboxylic acids is 1. The number of ether oxygens (including phenoxy) is 2. The zero-order chi connectivity index (χ0) is 38.1. The van der Waals surface area contributed by atoms with E-state index in [-0.39, 0.29) is 59.0 Å². The van der Waals surface area contributed by atoms with Crippen LogP contribution in [-0.2, 0) is 25.9 Å². The molecule has 0 aliphatic rings. The molecule has 4 rings (SSSR count). The Bertz CT molecular complexity index is 1960. The summed E-state index contributed by atoms with van der Waals surface area (Å²) >= 11 is 0. The maximum absolute atomic E-state index is 13.2. The summed E-state index contributed by atoms with van der Waals surface area (Å²) in [5.41, 5.74) is 7.90. The highest BCUT2D eigenvalue weighted by molar-refractivity contribution is 6.07. The molecular formula is C35H45N9O8. The van der Waals surface area contributed by atoms with E-state index in [0.29, 0.717) is 35.7 Å². The molecule has 52 heavy (non-hydrogen) atoms. The highest BCUT2D eigenvalue weighted by atomic mass is 16.5. The maximum atomic E-state index is 13.2. The van der Waals surface area contributed by atoms with Crippen molar-refractivity contribution < 1.29 is 38.6 Å². The van der Waals surface area contributed by atoms with Crippen molar-refractivity contribution in [3.63, 3.8) is 0 Å². The van der Waals surface area contributed by atoms with Crippen LogP contribution in [0.25, 0.3) is 0 Å². The van der Waals surface area contributed by atoms with Gasteiger partial charge in [-0.3, -0.25) is 19.2 Å². The summed E-state index contributed by atoms with van der Waals surface area (Å²) in [5, 5.41) is 20.5. The number of aryl methyl sites for hydroxylation is 3. The molecule has 4 aromatic rings. The van der Waals surface area contributed by atoms with Crippen molar-refractivity contribution in [3.8, 4) is 11.5 Å². The van der Waals surface area contributed by atoms with Gasteiger partial charge >= 0.3 is 5.97 Å². The molecule has 4 amide bonds. The quantitative estimate of drug-likeness (QED) is 0.0693. The summed E-state index contributed by atoms with van der Waals surface area (Å²) in [7, 11) is 10.4. The van der Waals surface area contributed by atoms with Gasteiger partial charge in [-0.1, -0.05) is 0 Å². The number of amides is 4. The van der Waals surface area contributed by atoms with E-state index in [1.807, 2.05) is 19.0 Å². The van der Waals surface area contributed by atoms with Crippen molar-refractivity contribution in [2.45, 2.75) is 19.3 Å². The van der Waals surface area contributed by atoms with Gasteiger partial charge in [0.15, 0.2) is 11.5 Å². The molecule has 17 heteroatoms. The minimum atomic E-state index is -1.19. The van der Waals surface area contributed by atoms with Gasteiger partial charge in [0.25, 0.3) is 17.7 Å². The second-order valence-electron chi connectivity index (χ2n) is 12.4. The van der Waals surface area contributed by atoms with Gasteiger partial charge in [-0.15, -0.1) is 0 Å². The van der Waals surface area contributed by atoms with Crippen LogP contribution in [0, 0.1) is 0 Å². The lowest BCUT2D eigenvalue weighted by atomic mass is 10.1. The third kappa shape index (κ3) is 9.94. The van der Waals surface area contributed by atoms with E-state index < -0.39 is 17.8 Å². The summed E-state index contributed by atoms with van der Waals surface area (Å²) < 4.78 is 15.6. The lowest BCUT2D eigenvalue weighted by Crippen LogP contribution is -2.28. The Morgan fingerprint density at radius 3 is 1.77 bits per heavy atom. The van der Waals surface area contributed by atoms with Crippen LogP contribution < -0.4 is 36.5 Å². The van der Waals surface area contributed by atoms with Gasteiger partial charge in [0.2, 0.25) is 5.91 Å². The molecule has 3 aromatic heterocycles. The molecule has 3 heterocycles. The third-order valence-corrected chi connectivity index (χ3v) is 7.95. The molecule has 0 aliphatic carbocycles. The van der Waals surface area contributed by atoms with Crippen molar-refractivity contribution in [1.82, 2.24) is 23.9 Å². The number of hydrogen-bond donors (Lipinski definition) is 6. The number of carbonyl (C=O) groups is 5. The molecule has 0 atom stereocenters. The summed E-state index contributed by atoms with van der Waals surface area (Å²) in [6.07, 6.45) is 6.09.